The Morgan fingerprint density at radius 2 is 2.33 bits per heavy atom. The highest BCUT2D eigenvalue weighted by Crippen LogP contribution is 2.38. The van der Waals surface area contributed by atoms with Crippen LogP contribution in [0.1, 0.15) is 23.2 Å². The topological polar surface area (TPSA) is 89.5 Å². The molecular weight excluding hydrogens is 346 g/mol. The predicted octanol–water partition coefficient (Wildman–Crippen LogP) is 1.30. The Labute approximate surface area is 157 Å². The highest BCUT2D eigenvalue weighted by atomic mass is 16.5. The van der Waals surface area contributed by atoms with Crippen LogP contribution in [-0.4, -0.2) is 59.8 Å². The molecule has 2 aromatic heterocycles. The summed E-state index contributed by atoms with van der Waals surface area (Å²) in [6, 6.07) is 5.37. The van der Waals surface area contributed by atoms with Crippen molar-refractivity contribution >= 4 is 11.7 Å². The standard InChI is InChI=1S/C19H23N5O3/c1-26-17-7-16(22-13-23-17)24-11-19(12-24)5-4-14(10-27-19)8-21-18(25)15-3-2-6-20-9-15/h2-3,6-7,9,13-14H,4-5,8,10-12H2,1H3,(H,21,25)/t14-/m1/s1. The van der Waals surface area contributed by atoms with Gasteiger partial charge in [-0.3, -0.25) is 9.78 Å². The molecule has 4 heterocycles. The third kappa shape index (κ3) is 3.85. The minimum Gasteiger partial charge on any atom is -0.481 e. The first-order chi connectivity index (χ1) is 13.2. The van der Waals surface area contributed by atoms with E-state index in [-0.39, 0.29) is 11.5 Å². The van der Waals surface area contributed by atoms with E-state index in [0.29, 0.717) is 30.5 Å². The van der Waals surface area contributed by atoms with Crippen LogP contribution in [0.5, 0.6) is 5.88 Å². The lowest BCUT2D eigenvalue weighted by atomic mass is 9.83. The second-order valence-corrected chi connectivity index (χ2v) is 7.13. The lowest BCUT2D eigenvalue weighted by molar-refractivity contribution is -0.115. The zero-order chi connectivity index (χ0) is 18.7. The summed E-state index contributed by atoms with van der Waals surface area (Å²) in [4.78, 5) is 26.6. The van der Waals surface area contributed by atoms with Crippen LogP contribution in [-0.2, 0) is 4.74 Å². The molecule has 1 amide bonds. The summed E-state index contributed by atoms with van der Waals surface area (Å²) in [6.45, 7) is 2.93. The molecule has 142 valence electrons. The summed E-state index contributed by atoms with van der Waals surface area (Å²) in [5.74, 6) is 1.68. The number of hydrogen-bond acceptors (Lipinski definition) is 7. The van der Waals surface area contributed by atoms with Gasteiger partial charge in [0.25, 0.3) is 5.91 Å². The maximum atomic E-state index is 12.1. The van der Waals surface area contributed by atoms with E-state index in [1.807, 2.05) is 6.07 Å². The second kappa shape index (κ2) is 7.48. The van der Waals surface area contributed by atoms with Gasteiger partial charge in [-0.05, 0) is 30.9 Å². The van der Waals surface area contributed by atoms with E-state index in [2.05, 4.69) is 25.2 Å². The zero-order valence-electron chi connectivity index (χ0n) is 15.3. The van der Waals surface area contributed by atoms with Crippen LogP contribution in [0, 0.1) is 5.92 Å². The first kappa shape index (κ1) is 17.7. The van der Waals surface area contributed by atoms with Crippen LogP contribution < -0.4 is 15.0 Å². The fourth-order valence-corrected chi connectivity index (χ4v) is 3.59. The minimum atomic E-state index is -0.0952. The van der Waals surface area contributed by atoms with Crippen molar-refractivity contribution in [3.05, 3.63) is 42.5 Å². The number of pyridine rings is 1. The number of hydrogen-bond donors (Lipinski definition) is 1. The fraction of sp³-hybridized carbons (Fsp3) is 0.474. The molecule has 2 aliphatic heterocycles. The summed E-state index contributed by atoms with van der Waals surface area (Å²) in [5.41, 5.74) is 0.489. The number of ether oxygens (including phenoxy) is 2. The van der Waals surface area contributed by atoms with E-state index in [9.17, 15) is 4.79 Å². The van der Waals surface area contributed by atoms with Gasteiger partial charge < -0.3 is 19.7 Å². The third-order valence-corrected chi connectivity index (χ3v) is 5.23. The molecule has 2 aromatic rings. The van der Waals surface area contributed by atoms with Crippen LogP contribution >= 0.6 is 0 Å². The van der Waals surface area contributed by atoms with Gasteiger partial charge >= 0.3 is 0 Å². The highest BCUT2D eigenvalue weighted by molar-refractivity contribution is 5.93. The monoisotopic (exact) mass is 369 g/mol. The SMILES string of the molecule is COc1cc(N2CC3(CC[C@H](CNC(=O)c4cccnc4)CO3)C2)ncn1. The Hall–Kier alpha value is -2.74. The van der Waals surface area contributed by atoms with E-state index < -0.39 is 0 Å². The predicted molar refractivity (Wildman–Crippen MR) is 98.8 cm³/mol. The van der Waals surface area contributed by atoms with Gasteiger partial charge in [-0.2, -0.15) is 0 Å². The number of nitrogens with one attached hydrogen (secondary N) is 1. The average Bonchev–Trinajstić information content (AvgIpc) is 2.71. The molecule has 0 aromatic carbocycles. The van der Waals surface area contributed by atoms with Crippen molar-refractivity contribution in [1.29, 1.82) is 0 Å². The van der Waals surface area contributed by atoms with Gasteiger partial charge in [0, 0.05) is 25.0 Å². The molecule has 2 fully saturated rings. The molecule has 8 heteroatoms. The zero-order valence-corrected chi connectivity index (χ0v) is 15.3. The molecule has 0 saturated carbocycles. The number of aromatic nitrogens is 3. The summed E-state index contributed by atoms with van der Waals surface area (Å²) in [5, 5.41) is 2.98. The Balaban J connectivity index is 1.23. The highest BCUT2D eigenvalue weighted by Gasteiger charge is 2.47. The molecule has 0 radical (unpaired) electrons. The normalized spacial score (nSPS) is 20.8. The molecular formula is C19H23N5O3. The summed E-state index contributed by atoms with van der Waals surface area (Å²) in [7, 11) is 1.60. The van der Waals surface area contributed by atoms with Gasteiger partial charge in [0.15, 0.2) is 0 Å². The van der Waals surface area contributed by atoms with Gasteiger partial charge in [-0.1, -0.05) is 0 Å². The van der Waals surface area contributed by atoms with Crippen LogP contribution in [0.3, 0.4) is 0 Å². The van der Waals surface area contributed by atoms with Crippen molar-refractivity contribution in [2.45, 2.75) is 18.4 Å². The number of carbonyl (C=O) groups is 1. The first-order valence-electron chi connectivity index (χ1n) is 9.11. The van der Waals surface area contributed by atoms with Crippen molar-refractivity contribution in [2.75, 3.05) is 38.3 Å². The number of nitrogens with zero attached hydrogens (tertiary/aromatic N) is 4. The van der Waals surface area contributed by atoms with Gasteiger partial charge in [0.2, 0.25) is 5.88 Å². The molecule has 0 aliphatic carbocycles. The molecule has 27 heavy (non-hydrogen) atoms. The lowest BCUT2D eigenvalue weighted by Gasteiger charge is -2.53. The molecule has 1 atom stereocenters. The Morgan fingerprint density at radius 3 is 3.04 bits per heavy atom. The van der Waals surface area contributed by atoms with Crippen LogP contribution in [0.2, 0.25) is 0 Å². The smallest absolute Gasteiger partial charge is 0.252 e. The van der Waals surface area contributed by atoms with Crippen molar-refractivity contribution < 1.29 is 14.3 Å². The summed E-state index contributed by atoms with van der Waals surface area (Å²) >= 11 is 0. The quantitative estimate of drug-likeness (QED) is 0.849. The van der Waals surface area contributed by atoms with E-state index in [0.717, 1.165) is 31.7 Å². The van der Waals surface area contributed by atoms with Crippen LogP contribution in [0.25, 0.3) is 0 Å². The van der Waals surface area contributed by atoms with E-state index in [4.69, 9.17) is 9.47 Å². The molecule has 8 nitrogen and oxygen atoms in total. The maximum absolute atomic E-state index is 12.1. The van der Waals surface area contributed by atoms with Crippen molar-refractivity contribution in [1.82, 2.24) is 20.3 Å². The number of carbonyl (C=O) groups excluding carboxylic acids is 1. The number of methoxy groups -OCH3 is 1. The van der Waals surface area contributed by atoms with Crippen molar-refractivity contribution in [3.63, 3.8) is 0 Å². The van der Waals surface area contributed by atoms with Crippen LogP contribution in [0.4, 0.5) is 5.82 Å². The minimum absolute atomic E-state index is 0.0871. The molecule has 2 aliphatic rings. The lowest BCUT2D eigenvalue weighted by Crippen LogP contribution is -2.65. The summed E-state index contributed by atoms with van der Waals surface area (Å²) < 4.78 is 11.3. The van der Waals surface area contributed by atoms with Gasteiger partial charge in [0.05, 0.1) is 32.4 Å². The largest absolute Gasteiger partial charge is 0.481 e. The molecule has 0 bridgehead atoms. The van der Waals surface area contributed by atoms with Gasteiger partial charge in [-0.25, -0.2) is 9.97 Å². The average molecular weight is 369 g/mol. The van der Waals surface area contributed by atoms with Crippen LogP contribution in [0.15, 0.2) is 36.9 Å². The van der Waals surface area contributed by atoms with Gasteiger partial charge in [-0.15, -0.1) is 0 Å². The van der Waals surface area contributed by atoms with Crippen molar-refractivity contribution in [3.8, 4) is 5.88 Å². The number of anilines is 1. The summed E-state index contributed by atoms with van der Waals surface area (Å²) in [6.07, 6.45) is 6.77. The van der Waals surface area contributed by atoms with Gasteiger partial charge in [0.1, 0.15) is 17.7 Å². The Bertz CT molecular complexity index is 785. The first-order valence-corrected chi connectivity index (χ1v) is 9.11. The Morgan fingerprint density at radius 1 is 1.44 bits per heavy atom. The van der Waals surface area contributed by atoms with E-state index >= 15 is 0 Å². The molecule has 0 unspecified atom stereocenters. The maximum Gasteiger partial charge on any atom is 0.252 e. The third-order valence-electron chi connectivity index (χ3n) is 5.23. The second-order valence-electron chi connectivity index (χ2n) is 7.13. The van der Waals surface area contributed by atoms with E-state index in [1.54, 1.807) is 31.6 Å². The molecule has 2 saturated heterocycles. The Kier molecular flexibility index (Phi) is 4.89. The fourth-order valence-electron chi connectivity index (χ4n) is 3.59. The van der Waals surface area contributed by atoms with Crippen molar-refractivity contribution in [2.24, 2.45) is 5.92 Å². The number of amides is 1. The molecule has 1 spiro atoms. The number of rotatable bonds is 5. The molecule has 4 rings (SSSR count). The molecule has 1 N–H and O–H groups in total. The van der Waals surface area contributed by atoms with E-state index in [1.165, 1.54) is 6.33 Å².